The molecule has 1 fully saturated rings. The fourth-order valence-electron chi connectivity index (χ4n) is 4.40. The lowest BCUT2D eigenvalue weighted by atomic mass is 10.0. The number of rotatable bonds is 3. The number of carbonyl (C=O) groups excluding carboxylic acids is 2. The molecule has 0 saturated carbocycles. The van der Waals surface area contributed by atoms with Crippen molar-refractivity contribution in [2.24, 2.45) is 0 Å². The molecule has 9 nitrogen and oxygen atoms in total. The van der Waals surface area contributed by atoms with Gasteiger partial charge in [-0.2, -0.15) is 0 Å². The van der Waals surface area contributed by atoms with E-state index < -0.39 is 5.82 Å². The molecule has 1 aromatic carbocycles. The lowest BCUT2D eigenvalue weighted by Crippen LogP contribution is -2.40. The smallest absolute Gasteiger partial charge is 0.274 e. The molecule has 2 aliphatic heterocycles. The van der Waals surface area contributed by atoms with Crippen LogP contribution in [0.25, 0.3) is 0 Å². The average molecular weight is 448 g/mol. The fraction of sp³-hybridized carbons (Fsp3) is 0.304. The lowest BCUT2D eigenvalue weighted by Gasteiger charge is -2.29. The summed E-state index contributed by atoms with van der Waals surface area (Å²) >= 11 is 0. The first kappa shape index (κ1) is 20.9. The van der Waals surface area contributed by atoms with Crippen molar-refractivity contribution in [3.05, 3.63) is 87.4 Å². The SMILES string of the molecule is O=C(c1ccc(F)cc1)N1CCc2nc([C@H]3CCCN3C(=O)c3cnccn3)[nH]c(=O)c2C1. The van der Waals surface area contributed by atoms with Crippen molar-refractivity contribution in [2.45, 2.75) is 31.8 Å². The van der Waals surface area contributed by atoms with Gasteiger partial charge in [-0.25, -0.2) is 14.4 Å². The topological polar surface area (TPSA) is 112 Å². The first-order valence-electron chi connectivity index (χ1n) is 10.7. The van der Waals surface area contributed by atoms with Crippen LogP contribution >= 0.6 is 0 Å². The second kappa shape index (κ2) is 8.53. The number of amides is 2. The van der Waals surface area contributed by atoms with E-state index in [0.29, 0.717) is 48.6 Å². The first-order valence-corrected chi connectivity index (χ1v) is 10.7. The van der Waals surface area contributed by atoms with Crippen molar-refractivity contribution in [3.63, 3.8) is 0 Å². The van der Waals surface area contributed by atoms with E-state index in [2.05, 4.69) is 19.9 Å². The molecule has 3 aromatic rings. The van der Waals surface area contributed by atoms with Gasteiger partial charge < -0.3 is 14.8 Å². The lowest BCUT2D eigenvalue weighted by molar-refractivity contribution is 0.0712. The minimum absolute atomic E-state index is 0.126. The highest BCUT2D eigenvalue weighted by Crippen LogP contribution is 2.31. The van der Waals surface area contributed by atoms with Crippen LogP contribution in [0.1, 0.15) is 56.8 Å². The number of hydrogen-bond donors (Lipinski definition) is 1. The van der Waals surface area contributed by atoms with Crippen molar-refractivity contribution in [2.75, 3.05) is 13.1 Å². The van der Waals surface area contributed by atoms with E-state index >= 15 is 0 Å². The van der Waals surface area contributed by atoms with Crippen LogP contribution in [-0.4, -0.2) is 54.6 Å². The maximum Gasteiger partial charge on any atom is 0.274 e. The molecule has 168 valence electrons. The molecule has 2 amide bonds. The van der Waals surface area contributed by atoms with Gasteiger partial charge in [0, 0.05) is 37.5 Å². The largest absolute Gasteiger partial charge is 0.334 e. The first-order chi connectivity index (χ1) is 16.0. The van der Waals surface area contributed by atoms with E-state index in [1.165, 1.54) is 42.9 Å². The van der Waals surface area contributed by atoms with E-state index in [-0.39, 0.29) is 35.7 Å². The summed E-state index contributed by atoms with van der Waals surface area (Å²) in [4.78, 5) is 57.4. The molecular weight excluding hydrogens is 427 g/mol. The van der Waals surface area contributed by atoms with Crippen molar-refractivity contribution in [3.8, 4) is 0 Å². The van der Waals surface area contributed by atoms with Crippen LogP contribution in [0.3, 0.4) is 0 Å². The molecule has 1 atom stereocenters. The third-order valence-electron chi connectivity index (χ3n) is 6.08. The zero-order valence-corrected chi connectivity index (χ0v) is 17.7. The molecule has 2 aromatic heterocycles. The number of H-pyrrole nitrogens is 1. The maximum absolute atomic E-state index is 13.2. The van der Waals surface area contributed by atoms with Crippen LogP contribution in [0.15, 0.2) is 47.7 Å². The number of benzene rings is 1. The van der Waals surface area contributed by atoms with E-state index in [9.17, 15) is 18.8 Å². The number of hydrogen-bond acceptors (Lipinski definition) is 6. The number of aromatic amines is 1. The Labute approximate surface area is 188 Å². The minimum Gasteiger partial charge on any atom is -0.334 e. The Morgan fingerprint density at radius 2 is 1.91 bits per heavy atom. The van der Waals surface area contributed by atoms with Crippen LogP contribution in [0.4, 0.5) is 4.39 Å². The van der Waals surface area contributed by atoms with Crippen LogP contribution in [0.5, 0.6) is 0 Å². The monoisotopic (exact) mass is 448 g/mol. The van der Waals surface area contributed by atoms with Gasteiger partial charge in [-0.05, 0) is 37.1 Å². The molecule has 10 heteroatoms. The van der Waals surface area contributed by atoms with Gasteiger partial charge in [-0.3, -0.25) is 19.4 Å². The molecule has 1 N–H and O–H groups in total. The van der Waals surface area contributed by atoms with Gasteiger partial charge >= 0.3 is 0 Å². The number of aromatic nitrogens is 4. The quantitative estimate of drug-likeness (QED) is 0.655. The molecule has 0 unspecified atom stereocenters. The normalized spacial score (nSPS) is 17.7. The molecule has 2 aliphatic rings. The third-order valence-corrected chi connectivity index (χ3v) is 6.08. The van der Waals surface area contributed by atoms with Crippen molar-refractivity contribution in [1.29, 1.82) is 0 Å². The van der Waals surface area contributed by atoms with E-state index in [4.69, 9.17) is 0 Å². The van der Waals surface area contributed by atoms with Crippen molar-refractivity contribution < 1.29 is 14.0 Å². The Bertz CT molecular complexity index is 1260. The van der Waals surface area contributed by atoms with Gasteiger partial charge in [0.05, 0.1) is 30.0 Å². The summed E-state index contributed by atoms with van der Waals surface area (Å²) in [5.74, 6) is -0.475. The molecule has 33 heavy (non-hydrogen) atoms. The molecule has 1 saturated heterocycles. The molecule has 0 bridgehead atoms. The number of fused-ring (bicyclic) bond motifs is 1. The summed E-state index contributed by atoms with van der Waals surface area (Å²) in [6.07, 6.45) is 6.29. The Hall–Kier alpha value is -3.95. The average Bonchev–Trinajstić information content (AvgIpc) is 3.34. The molecule has 0 aliphatic carbocycles. The van der Waals surface area contributed by atoms with Crippen LogP contribution in [-0.2, 0) is 13.0 Å². The summed E-state index contributed by atoms with van der Waals surface area (Å²) in [7, 11) is 0. The van der Waals surface area contributed by atoms with E-state index in [0.717, 1.165) is 6.42 Å². The standard InChI is InChI=1S/C23H21FN6O3/c24-15-5-3-14(4-6-15)22(32)29-11-7-17-16(13-29)21(31)28-20(27-17)19-2-1-10-30(19)23(33)18-12-25-8-9-26-18/h3-6,8-9,12,19H,1-2,7,10-11,13H2,(H,27,28,31)/t19-/m1/s1. The van der Waals surface area contributed by atoms with Crippen molar-refractivity contribution in [1.82, 2.24) is 29.7 Å². The Morgan fingerprint density at radius 3 is 2.67 bits per heavy atom. The summed E-state index contributed by atoms with van der Waals surface area (Å²) in [5, 5.41) is 0. The van der Waals surface area contributed by atoms with Gasteiger partial charge in [0.15, 0.2) is 0 Å². The number of likely N-dealkylation sites (tertiary alicyclic amines) is 1. The number of halogens is 1. The molecule has 4 heterocycles. The third kappa shape index (κ3) is 3.99. The molecular formula is C23H21FN6O3. The van der Waals surface area contributed by atoms with Gasteiger partial charge in [0.1, 0.15) is 17.3 Å². The number of carbonyl (C=O) groups is 2. The van der Waals surface area contributed by atoms with Gasteiger partial charge in [-0.15, -0.1) is 0 Å². The Kier molecular flexibility index (Phi) is 5.41. The predicted octanol–water partition coefficient (Wildman–Crippen LogP) is 1.87. The zero-order chi connectivity index (χ0) is 22.9. The number of nitrogens with one attached hydrogen (secondary N) is 1. The summed E-state index contributed by atoms with van der Waals surface area (Å²) in [6.45, 7) is 1.06. The van der Waals surface area contributed by atoms with Gasteiger partial charge in [-0.1, -0.05) is 0 Å². The number of nitrogens with zero attached hydrogens (tertiary/aromatic N) is 5. The molecule has 0 spiro atoms. The Balaban J connectivity index is 1.38. The maximum atomic E-state index is 13.2. The summed E-state index contributed by atoms with van der Waals surface area (Å²) < 4.78 is 13.2. The Morgan fingerprint density at radius 1 is 1.09 bits per heavy atom. The zero-order valence-electron chi connectivity index (χ0n) is 17.7. The highest BCUT2D eigenvalue weighted by molar-refractivity contribution is 5.94. The summed E-state index contributed by atoms with van der Waals surface area (Å²) in [5.41, 5.74) is 1.37. The van der Waals surface area contributed by atoms with Gasteiger partial charge in [0.2, 0.25) is 0 Å². The second-order valence-electron chi connectivity index (χ2n) is 8.11. The van der Waals surface area contributed by atoms with Crippen molar-refractivity contribution >= 4 is 11.8 Å². The second-order valence-corrected chi connectivity index (χ2v) is 8.11. The highest BCUT2D eigenvalue weighted by atomic mass is 19.1. The fourth-order valence-corrected chi connectivity index (χ4v) is 4.40. The highest BCUT2D eigenvalue weighted by Gasteiger charge is 2.34. The van der Waals surface area contributed by atoms with Gasteiger partial charge in [0.25, 0.3) is 17.4 Å². The van der Waals surface area contributed by atoms with Crippen LogP contribution in [0, 0.1) is 5.82 Å². The minimum atomic E-state index is -0.414. The van der Waals surface area contributed by atoms with Crippen LogP contribution < -0.4 is 5.56 Å². The van der Waals surface area contributed by atoms with Crippen LogP contribution in [0.2, 0.25) is 0 Å². The molecule has 5 rings (SSSR count). The molecule has 0 radical (unpaired) electrons. The predicted molar refractivity (Wildman–Crippen MR) is 115 cm³/mol. The summed E-state index contributed by atoms with van der Waals surface area (Å²) in [6, 6.07) is 4.99. The van der Waals surface area contributed by atoms with E-state index in [1.807, 2.05) is 0 Å². The van der Waals surface area contributed by atoms with E-state index in [1.54, 1.807) is 9.80 Å².